The molecule has 1 N–H and O–H groups in total. The zero-order valence-corrected chi connectivity index (χ0v) is 12.5. The van der Waals surface area contributed by atoms with Crippen LogP contribution in [0.5, 0.6) is 0 Å². The summed E-state index contributed by atoms with van der Waals surface area (Å²) in [5.74, 6) is -0.176. The van der Waals surface area contributed by atoms with Crippen LogP contribution >= 0.6 is 24.0 Å². The van der Waals surface area contributed by atoms with Gasteiger partial charge in [0.05, 0.1) is 10.6 Å². The number of nitrogens with one attached hydrogen (secondary N) is 1. The molecule has 20 heavy (non-hydrogen) atoms. The fourth-order valence-electron chi connectivity index (χ4n) is 3.07. The third-order valence-corrected chi connectivity index (χ3v) is 4.51. The summed E-state index contributed by atoms with van der Waals surface area (Å²) in [6, 6.07) is 4.92. The molecule has 0 aliphatic carbocycles. The van der Waals surface area contributed by atoms with Crippen LogP contribution in [-0.4, -0.2) is 36.5 Å². The van der Waals surface area contributed by atoms with Crippen LogP contribution in [0.25, 0.3) is 0 Å². The molecule has 0 aromatic heterocycles. The van der Waals surface area contributed by atoms with Gasteiger partial charge in [-0.2, -0.15) is 0 Å². The highest BCUT2D eigenvalue weighted by Crippen LogP contribution is 2.27. The van der Waals surface area contributed by atoms with Gasteiger partial charge in [0.25, 0.3) is 5.91 Å². The van der Waals surface area contributed by atoms with E-state index in [0.29, 0.717) is 18.5 Å². The number of carbonyl (C=O) groups excluding carboxylic acids is 1. The molecule has 0 saturated carbocycles. The van der Waals surface area contributed by atoms with E-state index in [1.165, 1.54) is 12.1 Å². The lowest BCUT2D eigenvalue weighted by Crippen LogP contribution is -2.46. The Hall–Kier alpha value is -0.840. The Morgan fingerprint density at radius 2 is 2.20 bits per heavy atom. The molecule has 3 nitrogen and oxygen atoms in total. The van der Waals surface area contributed by atoms with Crippen molar-refractivity contribution in [2.45, 2.75) is 18.9 Å². The van der Waals surface area contributed by atoms with Gasteiger partial charge in [0.2, 0.25) is 0 Å². The van der Waals surface area contributed by atoms with E-state index in [9.17, 15) is 9.18 Å². The lowest BCUT2D eigenvalue weighted by Gasteiger charge is -2.35. The largest absolute Gasteiger partial charge is 0.338 e. The number of rotatable bonds is 1. The van der Waals surface area contributed by atoms with Crippen molar-refractivity contribution in [3.63, 3.8) is 0 Å². The minimum atomic E-state index is -0.537. The minimum absolute atomic E-state index is 0. The molecule has 0 radical (unpaired) electrons. The highest BCUT2D eigenvalue weighted by atomic mass is 35.5. The zero-order chi connectivity index (χ0) is 13.4. The first-order chi connectivity index (χ1) is 9.16. The molecule has 0 spiro atoms. The number of amides is 1. The molecule has 3 rings (SSSR count). The summed E-state index contributed by atoms with van der Waals surface area (Å²) in [7, 11) is 0. The van der Waals surface area contributed by atoms with Crippen LogP contribution in [0.15, 0.2) is 18.2 Å². The van der Waals surface area contributed by atoms with E-state index in [2.05, 4.69) is 5.32 Å². The topological polar surface area (TPSA) is 32.3 Å². The van der Waals surface area contributed by atoms with E-state index >= 15 is 0 Å². The third-order valence-electron chi connectivity index (χ3n) is 4.12. The Labute approximate surface area is 128 Å². The number of fused-ring (bicyclic) bond motifs is 1. The smallest absolute Gasteiger partial charge is 0.255 e. The fourth-order valence-corrected chi connectivity index (χ4v) is 3.28. The van der Waals surface area contributed by atoms with Crippen molar-refractivity contribution in [2.75, 3.05) is 19.6 Å². The summed E-state index contributed by atoms with van der Waals surface area (Å²) in [6.45, 7) is 2.47. The Morgan fingerprint density at radius 1 is 1.40 bits per heavy atom. The number of halogens is 3. The molecule has 2 aliphatic heterocycles. The van der Waals surface area contributed by atoms with Crippen LogP contribution in [0.4, 0.5) is 4.39 Å². The molecule has 2 atom stereocenters. The maximum atomic E-state index is 13.4. The van der Waals surface area contributed by atoms with Crippen LogP contribution in [0.2, 0.25) is 5.02 Å². The van der Waals surface area contributed by atoms with Gasteiger partial charge in [-0.25, -0.2) is 4.39 Å². The number of hydrogen-bond donors (Lipinski definition) is 1. The normalized spacial score (nSPS) is 25.0. The summed E-state index contributed by atoms with van der Waals surface area (Å²) in [4.78, 5) is 14.2. The summed E-state index contributed by atoms with van der Waals surface area (Å²) < 4.78 is 13.4. The Morgan fingerprint density at radius 3 is 3.00 bits per heavy atom. The lowest BCUT2D eigenvalue weighted by molar-refractivity contribution is 0.0661. The quantitative estimate of drug-likeness (QED) is 0.863. The van der Waals surface area contributed by atoms with E-state index in [-0.39, 0.29) is 28.9 Å². The number of piperidine rings is 1. The molecule has 2 fully saturated rings. The van der Waals surface area contributed by atoms with Gasteiger partial charge in [0.1, 0.15) is 5.82 Å². The first kappa shape index (κ1) is 15.5. The molecular formula is C14H17Cl2FN2O. The number of benzene rings is 1. The summed E-state index contributed by atoms with van der Waals surface area (Å²) in [5, 5.41) is 3.38. The maximum Gasteiger partial charge on any atom is 0.255 e. The van der Waals surface area contributed by atoms with Gasteiger partial charge >= 0.3 is 0 Å². The second-order valence-corrected chi connectivity index (χ2v) is 5.63. The monoisotopic (exact) mass is 318 g/mol. The average Bonchev–Trinajstić information content (AvgIpc) is 2.88. The van der Waals surface area contributed by atoms with Crippen molar-refractivity contribution >= 4 is 29.9 Å². The maximum absolute atomic E-state index is 13.4. The zero-order valence-electron chi connectivity index (χ0n) is 10.9. The molecule has 2 aliphatic rings. The highest BCUT2D eigenvalue weighted by molar-refractivity contribution is 6.34. The first-order valence-corrected chi connectivity index (χ1v) is 7.01. The van der Waals surface area contributed by atoms with Crippen LogP contribution in [-0.2, 0) is 0 Å². The van der Waals surface area contributed by atoms with Crippen molar-refractivity contribution in [2.24, 2.45) is 5.92 Å². The van der Waals surface area contributed by atoms with Crippen molar-refractivity contribution in [3.8, 4) is 0 Å². The van der Waals surface area contributed by atoms with Gasteiger partial charge in [-0.1, -0.05) is 17.7 Å². The minimum Gasteiger partial charge on any atom is -0.338 e. The van der Waals surface area contributed by atoms with Crippen molar-refractivity contribution in [3.05, 3.63) is 34.6 Å². The van der Waals surface area contributed by atoms with Crippen molar-refractivity contribution < 1.29 is 9.18 Å². The van der Waals surface area contributed by atoms with Crippen molar-refractivity contribution in [1.29, 1.82) is 0 Å². The van der Waals surface area contributed by atoms with Gasteiger partial charge in [-0.3, -0.25) is 4.79 Å². The van der Waals surface area contributed by atoms with Gasteiger partial charge in [0, 0.05) is 19.1 Å². The number of carbonyl (C=O) groups is 1. The molecule has 1 aromatic rings. The average molecular weight is 319 g/mol. The molecule has 6 heteroatoms. The molecule has 2 heterocycles. The van der Waals surface area contributed by atoms with Crippen LogP contribution in [0.1, 0.15) is 23.2 Å². The van der Waals surface area contributed by atoms with E-state index < -0.39 is 5.82 Å². The number of likely N-dealkylation sites (tertiary alicyclic amines) is 1. The van der Waals surface area contributed by atoms with Gasteiger partial charge in [-0.05, 0) is 37.4 Å². The molecule has 0 bridgehead atoms. The molecule has 1 aromatic carbocycles. The van der Waals surface area contributed by atoms with E-state index in [4.69, 9.17) is 11.6 Å². The van der Waals surface area contributed by atoms with E-state index in [1.807, 2.05) is 0 Å². The van der Waals surface area contributed by atoms with Crippen molar-refractivity contribution in [1.82, 2.24) is 10.2 Å². The number of hydrogen-bond acceptors (Lipinski definition) is 2. The summed E-state index contributed by atoms with van der Waals surface area (Å²) in [5.41, 5.74) is 0.270. The Bertz CT molecular complexity index is 512. The summed E-state index contributed by atoms with van der Waals surface area (Å²) >= 11 is 5.88. The highest BCUT2D eigenvalue weighted by Gasteiger charge is 2.35. The lowest BCUT2D eigenvalue weighted by atomic mass is 9.93. The fraction of sp³-hybridized carbons (Fsp3) is 0.500. The SMILES string of the molecule is Cl.O=C(c1cccc(F)c1Cl)N1CCC2NCCC2C1. The molecule has 2 saturated heterocycles. The Kier molecular flexibility index (Phi) is 4.89. The van der Waals surface area contributed by atoms with E-state index in [1.54, 1.807) is 11.0 Å². The predicted octanol–water partition coefficient (Wildman–Crippen LogP) is 2.72. The van der Waals surface area contributed by atoms with Crippen LogP contribution < -0.4 is 5.32 Å². The van der Waals surface area contributed by atoms with Crippen LogP contribution in [0.3, 0.4) is 0 Å². The third kappa shape index (κ3) is 2.78. The second kappa shape index (κ2) is 6.29. The predicted molar refractivity (Wildman–Crippen MR) is 79.1 cm³/mol. The molecule has 110 valence electrons. The summed E-state index contributed by atoms with van der Waals surface area (Å²) in [6.07, 6.45) is 2.06. The molecular weight excluding hydrogens is 302 g/mol. The van der Waals surface area contributed by atoms with Gasteiger partial charge < -0.3 is 10.2 Å². The second-order valence-electron chi connectivity index (χ2n) is 5.25. The standard InChI is InChI=1S/C14H16ClFN2O.ClH/c15-13-10(2-1-3-11(13)16)14(19)18-7-5-12-9(8-18)4-6-17-12;/h1-3,9,12,17H,4-8H2;1H. The first-order valence-electron chi connectivity index (χ1n) is 6.63. The number of nitrogens with zero attached hydrogens (tertiary/aromatic N) is 1. The van der Waals surface area contributed by atoms with Gasteiger partial charge in [-0.15, -0.1) is 12.4 Å². The van der Waals surface area contributed by atoms with E-state index in [0.717, 1.165) is 25.9 Å². The molecule has 1 amide bonds. The molecule has 2 unspecified atom stereocenters. The van der Waals surface area contributed by atoms with Gasteiger partial charge in [0.15, 0.2) is 0 Å². The Balaban J connectivity index is 0.00000147. The van der Waals surface area contributed by atoms with Crippen LogP contribution in [0, 0.1) is 11.7 Å².